The second-order valence-corrected chi connectivity index (χ2v) is 6.42. The van der Waals surface area contributed by atoms with Crippen molar-refractivity contribution in [3.63, 3.8) is 0 Å². The summed E-state index contributed by atoms with van der Waals surface area (Å²) in [4.78, 5) is 9.65. The molecule has 2 atom stereocenters. The Morgan fingerprint density at radius 3 is 2.62 bits per heavy atom. The minimum Gasteiger partial charge on any atom is -0.385 e. The third kappa shape index (κ3) is 5.28. The van der Waals surface area contributed by atoms with E-state index in [0.717, 1.165) is 0 Å². The lowest BCUT2D eigenvalue weighted by Gasteiger charge is -2.27. The third-order valence-electron chi connectivity index (χ3n) is 2.36. The van der Waals surface area contributed by atoms with Crippen LogP contribution in [-0.2, 0) is 4.57 Å². The van der Waals surface area contributed by atoms with Crippen molar-refractivity contribution >= 4 is 19.8 Å². The average Bonchev–Trinajstić information content (AvgIpc) is 2.14. The monoisotopic (exact) mass is 267 g/mol. The molecule has 1 rings (SSSR count). The first-order valence-electron chi connectivity index (χ1n) is 5.05. The second kappa shape index (κ2) is 6.58. The molecule has 1 aliphatic rings. The summed E-state index contributed by atoms with van der Waals surface area (Å²) in [5.41, 5.74) is 4.12. The van der Waals surface area contributed by atoms with Gasteiger partial charge in [-0.1, -0.05) is 24.3 Å². The number of halogens is 1. The smallest absolute Gasteiger partial charge is 0.203 e. The highest BCUT2D eigenvalue weighted by Crippen LogP contribution is 2.45. The molecule has 4 nitrogen and oxygen atoms in total. The highest BCUT2D eigenvalue weighted by atomic mass is 35.5. The Morgan fingerprint density at radius 2 is 2.12 bits per heavy atom. The van der Waals surface area contributed by atoms with Crippen LogP contribution in [0.3, 0.4) is 0 Å². The van der Waals surface area contributed by atoms with Crippen LogP contribution in [0.2, 0.25) is 0 Å². The molecule has 0 aliphatic heterocycles. The van der Waals surface area contributed by atoms with E-state index in [2.05, 4.69) is 0 Å². The van der Waals surface area contributed by atoms with E-state index in [1.54, 1.807) is 18.2 Å². The quantitative estimate of drug-likeness (QED) is 0.655. The van der Waals surface area contributed by atoms with Gasteiger partial charge in [0.25, 0.3) is 0 Å². The number of hydrogen-bond acceptors (Lipinski definition) is 3. The number of hydrogen-bond donors (Lipinski definition) is 3. The van der Waals surface area contributed by atoms with Gasteiger partial charge in [-0.3, -0.25) is 4.57 Å². The predicted molar refractivity (Wildman–Crippen MR) is 68.3 cm³/mol. The molecule has 1 aliphatic carbocycles. The van der Waals surface area contributed by atoms with Crippen molar-refractivity contribution < 1.29 is 14.6 Å². The van der Waals surface area contributed by atoms with Crippen LogP contribution in [0.25, 0.3) is 0 Å². The molecule has 2 unspecified atom stereocenters. The number of nitrogens with two attached hydrogens (primary N) is 1. The van der Waals surface area contributed by atoms with Gasteiger partial charge < -0.3 is 15.7 Å². The Balaban J connectivity index is 0.00000225. The molecule has 4 N–H and O–H groups in total. The van der Waals surface area contributed by atoms with Crippen LogP contribution in [0, 0.1) is 0 Å². The van der Waals surface area contributed by atoms with E-state index in [-0.39, 0.29) is 24.7 Å². The molecule has 16 heavy (non-hydrogen) atoms. The van der Waals surface area contributed by atoms with Crippen LogP contribution in [0.15, 0.2) is 24.3 Å². The van der Waals surface area contributed by atoms with Gasteiger partial charge in [-0.15, -0.1) is 12.4 Å². The summed E-state index contributed by atoms with van der Waals surface area (Å²) in [6.07, 6.45) is 7.91. The zero-order chi connectivity index (χ0) is 11.4. The molecule has 0 amide bonds. The fraction of sp³-hybridized carbons (Fsp3) is 0.600. The highest BCUT2D eigenvalue weighted by Gasteiger charge is 2.32. The first kappa shape index (κ1) is 15.9. The third-order valence-corrected chi connectivity index (χ3v) is 4.41. The van der Waals surface area contributed by atoms with Crippen LogP contribution < -0.4 is 5.73 Å². The molecular weight excluding hydrogens is 249 g/mol. The maximum Gasteiger partial charge on any atom is 0.203 e. The molecular formula is C10H19ClNO3P. The van der Waals surface area contributed by atoms with Gasteiger partial charge in [-0.25, -0.2) is 0 Å². The largest absolute Gasteiger partial charge is 0.385 e. The number of allylic oxidation sites excluding steroid dienone is 2. The molecule has 0 spiro atoms. The van der Waals surface area contributed by atoms with Gasteiger partial charge in [0, 0.05) is 6.16 Å². The van der Waals surface area contributed by atoms with Crippen molar-refractivity contribution in [2.75, 3.05) is 18.9 Å². The van der Waals surface area contributed by atoms with E-state index < -0.39 is 13.0 Å². The van der Waals surface area contributed by atoms with Crippen LogP contribution in [0.4, 0.5) is 0 Å². The van der Waals surface area contributed by atoms with Crippen molar-refractivity contribution in [1.82, 2.24) is 0 Å². The van der Waals surface area contributed by atoms with Gasteiger partial charge in [0.1, 0.15) is 0 Å². The minimum atomic E-state index is -3.26. The summed E-state index contributed by atoms with van der Waals surface area (Å²) in [7, 11) is -3.26. The first-order chi connectivity index (χ1) is 6.97. The zero-order valence-electron chi connectivity index (χ0n) is 9.08. The van der Waals surface area contributed by atoms with E-state index in [0.29, 0.717) is 19.4 Å². The molecule has 0 aromatic heterocycles. The van der Waals surface area contributed by atoms with Crippen molar-refractivity contribution in [2.45, 2.75) is 18.4 Å². The number of rotatable bonds is 5. The van der Waals surface area contributed by atoms with Crippen molar-refractivity contribution in [3.8, 4) is 0 Å². The lowest BCUT2D eigenvalue weighted by atomic mass is 9.98. The molecule has 6 heteroatoms. The first-order valence-corrected chi connectivity index (χ1v) is 7.08. The molecule has 0 fully saturated rings. The van der Waals surface area contributed by atoms with Gasteiger partial charge in [0.2, 0.25) is 7.37 Å². The van der Waals surface area contributed by atoms with Gasteiger partial charge in [0.15, 0.2) is 0 Å². The lowest BCUT2D eigenvalue weighted by molar-refractivity contribution is 0.114. The van der Waals surface area contributed by atoms with E-state index in [4.69, 9.17) is 5.73 Å². The molecule has 0 heterocycles. The van der Waals surface area contributed by atoms with Crippen molar-refractivity contribution in [2.24, 2.45) is 5.73 Å². The summed E-state index contributed by atoms with van der Waals surface area (Å²) in [5, 5.41) is 10.0. The fourth-order valence-corrected chi connectivity index (χ4v) is 3.54. The van der Waals surface area contributed by atoms with Crippen LogP contribution in [-0.4, -0.2) is 34.5 Å². The summed E-state index contributed by atoms with van der Waals surface area (Å²) in [6, 6.07) is 0. The van der Waals surface area contributed by atoms with Crippen LogP contribution in [0.5, 0.6) is 0 Å². The van der Waals surface area contributed by atoms with E-state index in [1.807, 2.05) is 6.08 Å². The molecule has 0 saturated heterocycles. The topological polar surface area (TPSA) is 83.6 Å². The maximum atomic E-state index is 11.7. The Hall–Kier alpha value is -0.120. The van der Waals surface area contributed by atoms with Crippen molar-refractivity contribution in [3.05, 3.63) is 24.3 Å². The molecule has 0 saturated carbocycles. The standard InChI is InChI=1S/C10H18NO3P.ClH/c11-7-4-8-15(13,14)9-10(12)5-2-1-3-6-10;/h1-3,5,12H,4,6-9,11H2,(H,13,14);1H. The lowest BCUT2D eigenvalue weighted by Crippen LogP contribution is -2.31. The van der Waals surface area contributed by atoms with Gasteiger partial charge in [-0.2, -0.15) is 0 Å². The predicted octanol–water partition coefficient (Wildman–Crippen LogP) is 1.27. The molecule has 0 bridgehead atoms. The summed E-state index contributed by atoms with van der Waals surface area (Å²) in [5.74, 6) is 0. The Bertz CT molecular complexity index is 319. The Kier molecular flexibility index (Phi) is 6.53. The molecule has 94 valence electrons. The summed E-state index contributed by atoms with van der Waals surface area (Å²) < 4.78 is 11.7. The van der Waals surface area contributed by atoms with Gasteiger partial charge >= 0.3 is 0 Å². The Labute approximate surface area is 102 Å². The normalized spacial score (nSPS) is 27.2. The van der Waals surface area contributed by atoms with Crippen molar-refractivity contribution in [1.29, 1.82) is 0 Å². The van der Waals surface area contributed by atoms with Crippen LogP contribution >= 0.6 is 19.8 Å². The van der Waals surface area contributed by atoms with Gasteiger partial charge in [-0.05, 0) is 19.4 Å². The van der Waals surface area contributed by atoms with Gasteiger partial charge in [0.05, 0.1) is 11.8 Å². The van der Waals surface area contributed by atoms with E-state index in [1.165, 1.54) is 0 Å². The zero-order valence-corrected chi connectivity index (χ0v) is 10.8. The Morgan fingerprint density at radius 1 is 1.44 bits per heavy atom. The van der Waals surface area contributed by atoms with Crippen LogP contribution in [0.1, 0.15) is 12.8 Å². The molecule has 0 aromatic carbocycles. The fourth-order valence-electron chi connectivity index (χ4n) is 1.62. The molecule has 0 radical (unpaired) electrons. The maximum absolute atomic E-state index is 11.7. The second-order valence-electron chi connectivity index (χ2n) is 3.97. The average molecular weight is 268 g/mol. The summed E-state index contributed by atoms with van der Waals surface area (Å²) in [6.45, 7) is 0.402. The SMILES string of the molecule is Cl.NCCCP(=O)(O)CC1(O)C=CC=CC1. The van der Waals surface area contributed by atoms with E-state index in [9.17, 15) is 14.6 Å². The molecule has 0 aromatic rings. The number of aliphatic hydroxyl groups is 1. The minimum absolute atomic E-state index is 0. The highest BCUT2D eigenvalue weighted by molar-refractivity contribution is 7.58. The summed E-state index contributed by atoms with van der Waals surface area (Å²) >= 11 is 0. The van der Waals surface area contributed by atoms with E-state index >= 15 is 0 Å².